The monoisotopic (exact) mass is 412 g/mol. The number of methoxy groups -OCH3 is 2. The molecule has 0 saturated heterocycles. The molecule has 0 heterocycles. The maximum Gasteiger partial charge on any atom is 0.373 e. The predicted octanol–water partition coefficient (Wildman–Crippen LogP) is 2.55. The van der Waals surface area contributed by atoms with Gasteiger partial charge in [0.1, 0.15) is 12.4 Å². The van der Waals surface area contributed by atoms with Crippen LogP contribution in [0.15, 0.2) is 40.4 Å². The summed E-state index contributed by atoms with van der Waals surface area (Å²) in [6, 6.07) is 5.47. The van der Waals surface area contributed by atoms with Gasteiger partial charge in [0.2, 0.25) is 0 Å². The minimum absolute atomic E-state index is 0.190. The van der Waals surface area contributed by atoms with Crippen LogP contribution in [0.25, 0.3) is 6.08 Å². The predicted molar refractivity (Wildman–Crippen MR) is 91.5 cm³/mol. The number of hydrogen-bond acceptors (Lipinski definition) is 7. The fourth-order valence-corrected chi connectivity index (χ4v) is 2.08. The van der Waals surface area contributed by atoms with E-state index in [0.29, 0.717) is 11.3 Å². The Kier molecular flexibility index (Phi) is 11.3. The minimum atomic E-state index is -0.447. The van der Waals surface area contributed by atoms with E-state index in [4.69, 9.17) is 14.3 Å². The van der Waals surface area contributed by atoms with Crippen LogP contribution in [-0.2, 0) is 28.7 Å². The topological polar surface area (TPSA) is 96.0 Å². The van der Waals surface area contributed by atoms with Gasteiger partial charge in [-0.15, -0.1) is 0 Å². The standard InChI is InChI=1S/C16H17BrO5.CO2/c1-11(16(19)21-3)10-12-6-4-7-13(17)15(12)22-9-5-8-14(18)20-2;2-1-3/h4-8,10H,9H2,1-3H3;/b8-5+,11-10+;. The first-order valence-corrected chi connectivity index (χ1v) is 7.62. The Balaban J connectivity index is 0.00000178. The summed E-state index contributed by atoms with van der Waals surface area (Å²) in [5.41, 5.74) is 1.18. The highest BCUT2D eigenvalue weighted by atomic mass is 79.9. The molecule has 0 aliphatic carbocycles. The number of halogens is 1. The molecular formula is C17H17BrO7. The van der Waals surface area contributed by atoms with Crippen molar-refractivity contribution in [2.24, 2.45) is 0 Å². The van der Waals surface area contributed by atoms with E-state index in [2.05, 4.69) is 25.4 Å². The van der Waals surface area contributed by atoms with Crippen molar-refractivity contribution >= 4 is 40.1 Å². The van der Waals surface area contributed by atoms with Gasteiger partial charge in [-0.05, 0) is 41.1 Å². The summed E-state index contributed by atoms with van der Waals surface area (Å²) < 4.78 is 15.5. The van der Waals surface area contributed by atoms with Crippen LogP contribution >= 0.6 is 15.9 Å². The molecule has 0 fully saturated rings. The summed E-state index contributed by atoms with van der Waals surface area (Å²) >= 11 is 3.40. The minimum Gasteiger partial charge on any atom is -0.488 e. The second-order valence-electron chi connectivity index (χ2n) is 4.30. The lowest BCUT2D eigenvalue weighted by atomic mass is 10.1. The molecule has 1 rings (SSSR count). The third kappa shape index (κ3) is 8.64. The van der Waals surface area contributed by atoms with Gasteiger partial charge in [0.25, 0.3) is 0 Å². The highest BCUT2D eigenvalue weighted by Crippen LogP contribution is 2.30. The van der Waals surface area contributed by atoms with Gasteiger partial charge in [-0.1, -0.05) is 12.1 Å². The smallest absolute Gasteiger partial charge is 0.373 e. The fourth-order valence-electron chi connectivity index (χ4n) is 1.59. The van der Waals surface area contributed by atoms with Gasteiger partial charge in [0.15, 0.2) is 0 Å². The van der Waals surface area contributed by atoms with Crippen molar-refractivity contribution in [3.8, 4) is 5.75 Å². The van der Waals surface area contributed by atoms with E-state index in [1.54, 1.807) is 19.1 Å². The van der Waals surface area contributed by atoms with Crippen LogP contribution in [0.1, 0.15) is 12.5 Å². The molecule has 0 N–H and O–H groups in total. The second-order valence-corrected chi connectivity index (χ2v) is 5.15. The summed E-state index contributed by atoms with van der Waals surface area (Å²) in [6.07, 6.45) is 4.76. The van der Waals surface area contributed by atoms with Crippen LogP contribution in [-0.4, -0.2) is 38.9 Å². The first-order valence-electron chi connectivity index (χ1n) is 6.82. The molecule has 0 bridgehead atoms. The Morgan fingerprint density at radius 2 is 1.84 bits per heavy atom. The molecule has 0 radical (unpaired) electrons. The number of hydrogen-bond donors (Lipinski definition) is 0. The summed E-state index contributed by atoms with van der Waals surface area (Å²) in [5, 5.41) is 0. The summed E-state index contributed by atoms with van der Waals surface area (Å²) in [6.45, 7) is 1.85. The lowest BCUT2D eigenvalue weighted by molar-refractivity contribution is -0.191. The fraction of sp³-hybridized carbons (Fsp3) is 0.235. The Labute approximate surface area is 153 Å². The average molecular weight is 413 g/mol. The van der Waals surface area contributed by atoms with Crippen molar-refractivity contribution in [3.63, 3.8) is 0 Å². The van der Waals surface area contributed by atoms with Gasteiger partial charge in [-0.2, -0.15) is 9.59 Å². The number of rotatable bonds is 6. The van der Waals surface area contributed by atoms with Crippen LogP contribution in [0.4, 0.5) is 0 Å². The van der Waals surface area contributed by atoms with Gasteiger partial charge in [0, 0.05) is 17.2 Å². The molecule has 8 heteroatoms. The molecule has 0 saturated carbocycles. The zero-order chi connectivity index (χ0) is 19.2. The van der Waals surface area contributed by atoms with Crippen molar-refractivity contribution in [2.45, 2.75) is 6.92 Å². The molecule has 0 aliphatic heterocycles. The molecule has 134 valence electrons. The van der Waals surface area contributed by atoms with Gasteiger partial charge in [-0.25, -0.2) is 9.59 Å². The van der Waals surface area contributed by atoms with Crippen LogP contribution in [0.3, 0.4) is 0 Å². The number of esters is 2. The van der Waals surface area contributed by atoms with E-state index in [-0.39, 0.29) is 12.8 Å². The van der Waals surface area contributed by atoms with Gasteiger partial charge in [-0.3, -0.25) is 0 Å². The van der Waals surface area contributed by atoms with E-state index in [1.165, 1.54) is 20.3 Å². The van der Waals surface area contributed by atoms with E-state index in [9.17, 15) is 9.59 Å². The van der Waals surface area contributed by atoms with E-state index >= 15 is 0 Å². The second kappa shape index (κ2) is 12.7. The molecule has 0 aromatic heterocycles. The maximum absolute atomic E-state index is 11.5. The summed E-state index contributed by atoms with van der Waals surface area (Å²) in [5.74, 6) is -0.283. The molecular weight excluding hydrogens is 396 g/mol. The highest BCUT2D eigenvalue weighted by Gasteiger charge is 2.09. The molecule has 25 heavy (non-hydrogen) atoms. The SMILES string of the molecule is COC(=O)/C=C/COc1c(Br)cccc1/C=C(\C)C(=O)OC.O=C=O. The number of para-hydroxylation sites is 1. The normalized spacial score (nSPS) is 10.3. The molecule has 0 unspecified atom stereocenters. The molecule has 0 atom stereocenters. The summed E-state index contributed by atoms with van der Waals surface area (Å²) in [4.78, 5) is 38.7. The van der Waals surface area contributed by atoms with Crippen molar-refractivity contribution < 1.29 is 33.4 Å². The van der Waals surface area contributed by atoms with E-state index in [0.717, 1.165) is 10.0 Å². The van der Waals surface area contributed by atoms with Crippen molar-refractivity contribution in [3.05, 3.63) is 46.0 Å². The van der Waals surface area contributed by atoms with Gasteiger partial charge >= 0.3 is 18.1 Å². The molecule has 0 aliphatic rings. The van der Waals surface area contributed by atoms with Gasteiger partial charge in [0.05, 0.1) is 18.7 Å². The van der Waals surface area contributed by atoms with E-state index in [1.807, 2.05) is 18.2 Å². The van der Waals surface area contributed by atoms with Crippen LogP contribution in [0.5, 0.6) is 5.75 Å². The highest BCUT2D eigenvalue weighted by molar-refractivity contribution is 9.10. The Hall–Kier alpha value is -2.70. The zero-order valence-corrected chi connectivity index (χ0v) is 15.5. The van der Waals surface area contributed by atoms with Crippen molar-refractivity contribution in [1.82, 2.24) is 0 Å². The maximum atomic E-state index is 11.5. The Morgan fingerprint density at radius 3 is 2.40 bits per heavy atom. The lowest BCUT2D eigenvalue weighted by Gasteiger charge is -2.10. The van der Waals surface area contributed by atoms with Crippen LogP contribution in [0.2, 0.25) is 0 Å². The first kappa shape index (κ1) is 22.3. The average Bonchev–Trinajstić information content (AvgIpc) is 2.60. The molecule has 0 spiro atoms. The number of carbonyl (C=O) groups is 2. The number of benzene rings is 1. The van der Waals surface area contributed by atoms with Crippen molar-refractivity contribution in [2.75, 3.05) is 20.8 Å². The van der Waals surface area contributed by atoms with Crippen molar-refractivity contribution in [1.29, 1.82) is 0 Å². The van der Waals surface area contributed by atoms with Crippen LogP contribution < -0.4 is 4.74 Å². The molecule has 1 aromatic carbocycles. The number of carbonyl (C=O) groups excluding carboxylic acids is 4. The third-order valence-corrected chi connectivity index (χ3v) is 3.28. The zero-order valence-electron chi connectivity index (χ0n) is 13.9. The largest absolute Gasteiger partial charge is 0.488 e. The lowest BCUT2D eigenvalue weighted by Crippen LogP contribution is -2.02. The molecule has 0 amide bonds. The quantitative estimate of drug-likeness (QED) is 0.523. The third-order valence-electron chi connectivity index (χ3n) is 2.66. The Bertz CT molecular complexity index is 686. The number of ether oxygens (including phenoxy) is 3. The van der Waals surface area contributed by atoms with Gasteiger partial charge < -0.3 is 14.2 Å². The Morgan fingerprint density at radius 1 is 1.20 bits per heavy atom. The van der Waals surface area contributed by atoms with E-state index < -0.39 is 11.9 Å². The first-order chi connectivity index (χ1) is 11.9. The molecule has 7 nitrogen and oxygen atoms in total. The molecule has 1 aromatic rings. The summed E-state index contributed by atoms with van der Waals surface area (Å²) in [7, 11) is 2.63. The van der Waals surface area contributed by atoms with Crippen LogP contribution in [0, 0.1) is 0 Å².